The molecule has 0 atom stereocenters. The van der Waals surface area contributed by atoms with Crippen LogP contribution in [0.5, 0.6) is 0 Å². The molecule has 0 amide bonds. The van der Waals surface area contributed by atoms with E-state index in [4.69, 9.17) is 0 Å². The van der Waals surface area contributed by atoms with Gasteiger partial charge in [0.2, 0.25) is 0 Å². The summed E-state index contributed by atoms with van der Waals surface area (Å²) < 4.78 is 2.68. The van der Waals surface area contributed by atoms with Crippen molar-refractivity contribution in [1.29, 1.82) is 0 Å². The summed E-state index contributed by atoms with van der Waals surface area (Å²) in [6.45, 7) is 0.809. The summed E-state index contributed by atoms with van der Waals surface area (Å²) >= 11 is 1.85. The molecule has 2 heterocycles. The molecule has 3 nitrogen and oxygen atoms in total. The molecule has 3 aromatic rings. The summed E-state index contributed by atoms with van der Waals surface area (Å²) in [5.41, 5.74) is 1.24. The first kappa shape index (κ1) is 10.8. The zero-order valence-corrected chi connectivity index (χ0v) is 11.4. The van der Waals surface area contributed by atoms with E-state index in [9.17, 15) is 0 Å². The first-order chi connectivity index (χ1) is 9.33. The van der Waals surface area contributed by atoms with Crippen molar-refractivity contribution >= 4 is 43.5 Å². The maximum Gasteiger partial charge on any atom is 0.117 e. The number of thiophene rings is 1. The van der Waals surface area contributed by atoms with Gasteiger partial charge in [0.15, 0.2) is 0 Å². The molecule has 0 unspecified atom stereocenters. The third-order valence-electron chi connectivity index (χ3n) is 3.44. The molecule has 4 rings (SSSR count). The third kappa shape index (κ3) is 1.60. The van der Waals surface area contributed by atoms with Gasteiger partial charge in [-0.25, -0.2) is 0 Å². The monoisotopic (exact) mass is 267 g/mol. The lowest BCUT2D eigenvalue weighted by Crippen LogP contribution is -2.23. The first-order valence-electron chi connectivity index (χ1n) is 6.25. The highest BCUT2D eigenvalue weighted by atomic mass is 32.1. The molecule has 0 N–H and O–H groups in total. The van der Waals surface area contributed by atoms with Crippen LogP contribution in [0.2, 0.25) is 0 Å². The molecule has 4 heteroatoms. The number of hydrogen-bond acceptors (Lipinski definition) is 4. The van der Waals surface area contributed by atoms with Gasteiger partial charge < -0.3 is 4.90 Å². The summed E-state index contributed by atoms with van der Waals surface area (Å²) in [6, 6.07) is 15.1. The number of benzene rings is 2. The predicted molar refractivity (Wildman–Crippen MR) is 82.9 cm³/mol. The zero-order valence-electron chi connectivity index (χ0n) is 10.6. The molecule has 0 radical (unpaired) electrons. The van der Waals surface area contributed by atoms with E-state index in [0.717, 1.165) is 6.67 Å². The van der Waals surface area contributed by atoms with Gasteiger partial charge >= 0.3 is 0 Å². The van der Waals surface area contributed by atoms with E-state index < -0.39 is 0 Å². The van der Waals surface area contributed by atoms with Crippen LogP contribution >= 0.6 is 11.3 Å². The van der Waals surface area contributed by atoms with Gasteiger partial charge in [0.05, 0.1) is 5.69 Å². The number of fused-ring (bicyclic) bond motifs is 3. The zero-order chi connectivity index (χ0) is 12.8. The van der Waals surface area contributed by atoms with Gasteiger partial charge in [-0.1, -0.05) is 24.3 Å². The Bertz CT molecular complexity index is 790. The van der Waals surface area contributed by atoms with E-state index in [-0.39, 0.29) is 0 Å². The lowest BCUT2D eigenvalue weighted by molar-refractivity contribution is 0.393. The SMILES string of the molecule is CN1CN(c2cccc3sc4ccccc4c23)C=N1. The first-order valence-corrected chi connectivity index (χ1v) is 7.07. The normalized spacial score (nSPS) is 15.0. The number of rotatable bonds is 1. The van der Waals surface area contributed by atoms with E-state index in [2.05, 4.69) is 52.5 Å². The van der Waals surface area contributed by atoms with E-state index in [1.807, 2.05) is 29.7 Å². The lowest BCUT2D eigenvalue weighted by atomic mass is 10.1. The van der Waals surface area contributed by atoms with E-state index in [0.29, 0.717) is 0 Å². The highest BCUT2D eigenvalue weighted by Crippen LogP contribution is 2.39. The second kappa shape index (κ2) is 3.96. The number of nitrogens with zero attached hydrogens (tertiary/aromatic N) is 3. The molecule has 1 aromatic heterocycles. The number of hydrazone groups is 1. The van der Waals surface area contributed by atoms with Crippen LogP contribution in [0.4, 0.5) is 5.69 Å². The average Bonchev–Trinajstić information content (AvgIpc) is 3.01. The summed E-state index contributed by atoms with van der Waals surface area (Å²) in [7, 11) is 1.99. The van der Waals surface area contributed by atoms with E-state index in [1.54, 1.807) is 0 Å². The molecule has 19 heavy (non-hydrogen) atoms. The molecule has 1 aliphatic rings. The lowest BCUT2D eigenvalue weighted by Gasteiger charge is -2.17. The Balaban J connectivity index is 2.02. The van der Waals surface area contributed by atoms with Gasteiger partial charge in [0, 0.05) is 27.2 Å². The number of hydrogen-bond donors (Lipinski definition) is 0. The molecular formula is C15H13N3S. The third-order valence-corrected chi connectivity index (χ3v) is 4.57. The van der Waals surface area contributed by atoms with Gasteiger partial charge in [-0.3, -0.25) is 5.01 Å². The van der Waals surface area contributed by atoms with Crippen LogP contribution in [0.25, 0.3) is 20.2 Å². The van der Waals surface area contributed by atoms with Crippen LogP contribution in [-0.4, -0.2) is 25.1 Å². The van der Waals surface area contributed by atoms with Crippen molar-refractivity contribution in [2.45, 2.75) is 0 Å². The minimum Gasteiger partial charge on any atom is -0.311 e. The molecule has 0 bridgehead atoms. The summed E-state index contributed by atoms with van der Waals surface area (Å²) in [5.74, 6) is 0. The van der Waals surface area contributed by atoms with Crippen molar-refractivity contribution < 1.29 is 0 Å². The quantitative estimate of drug-likeness (QED) is 0.669. The topological polar surface area (TPSA) is 18.8 Å². The highest BCUT2D eigenvalue weighted by Gasteiger charge is 2.17. The standard InChI is InChI=1S/C15H13N3S/c1-17-10-18(9-16-17)12-6-4-8-14-15(12)11-5-2-3-7-13(11)19-14/h2-9H,10H2,1H3. The minimum atomic E-state index is 0.809. The predicted octanol–water partition coefficient (Wildman–Crippen LogP) is 3.71. The van der Waals surface area contributed by atoms with Crippen LogP contribution < -0.4 is 4.90 Å². The molecule has 94 valence electrons. The maximum absolute atomic E-state index is 4.30. The Hall–Kier alpha value is -2.07. The average molecular weight is 267 g/mol. The molecule has 0 aliphatic carbocycles. The molecule has 0 saturated heterocycles. The smallest absolute Gasteiger partial charge is 0.117 e. The van der Waals surface area contributed by atoms with E-state index in [1.165, 1.54) is 25.9 Å². The minimum absolute atomic E-state index is 0.809. The Morgan fingerprint density at radius 2 is 1.89 bits per heavy atom. The van der Waals surface area contributed by atoms with Crippen molar-refractivity contribution in [1.82, 2.24) is 5.01 Å². The fourth-order valence-electron chi connectivity index (χ4n) is 2.58. The molecule has 2 aromatic carbocycles. The van der Waals surface area contributed by atoms with Gasteiger partial charge in [0.1, 0.15) is 13.0 Å². The molecular weight excluding hydrogens is 254 g/mol. The highest BCUT2D eigenvalue weighted by molar-refractivity contribution is 7.25. The molecule has 1 aliphatic heterocycles. The van der Waals surface area contributed by atoms with Crippen LogP contribution in [0.3, 0.4) is 0 Å². The largest absolute Gasteiger partial charge is 0.311 e. The van der Waals surface area contributed by atoms with E-state index >= 15 is 0 Å². The van der Waals surface area contributed by atoms with Crippen LogP contribution in [0.15, 0.2) is 47.6 Å². The van der Waals surface area contributed by atoms with Gasteiger partial charge in [-0.15, -0.1) is 11.3 Å². The summed E-state index contributed by atoms with van der Waals surface area (Å²) in [5, 5.41) is 8.91. The van der Waals surface area contributed by atoms with Crippen molar-refractivity contribution in [3.8, 4) is 0 Å². The molecule has 0 saturated carbocycles. The van der Waals surface area contributed by atoms with Crippen molar-refractivity contribution in [3.63, 3.8) is 0 Å². The van der Waals surface area contributed by atoms with Crippen molar-refractivity contribution in [2.24, 2.45) is 5.10 Å². The second-order valence-corrected chi connectivity index (χ2v) is 5.83. The Labute approximate surface area is 115 Å². The fourth-order valence-corrected chi connectivity index (χ4v) is 3.70. The maximum atomic E-state index is 4.30. The second-order valence-electron chi connectivity index (χ2n) is 4.75. The number of anilines is 1. The molecule has 0 spiro atoms. The van der Waals surface area contributed by atoms with Crippen molar-refractivity contribution in [2.75, 3.05) is 18.6 Å². The Morgan fingerprint density at radius 3 is 2.74 bits per heavy atom. The van der Waals surface area contributed by atoms with Crippen molar-refractivity contribution in [3.05, 3.63) is 42.5 Å². The Kier molecular flexibility index (Phi) is 2.26. The van der Waals surface area contributed by atoms with Crippen LogP contribution in [0.1, 0.15) is 0 Å². The van der Waals surface area contributed by atoms with Crippen LogP contribution in [0, 0.1) is 0 Å². The van der Waals surface area contributed by atoms with Gasteiger partial charge in [-0.05, 0) is 18.2 Å². The molecule has 0 fully saturated rings. The summed E-state index contributed by atoms with van der Waals surface area (Å²) in [6.07, 6.45) is 1.90. The van der Waals surface area contributed by atoms with Gasteiger partial charge in [-0.2, -0.15) is 5.10 Å². The fraction of sp³-hybridized carbons (Fsp3) is 0.133. The summed E-state index contributed by atoms with van der Waals surface area (Å²) in [4.78, 5) is 2.20. The van der Waals surface area contributed by atoms with Gasteiger partial charge in [0.25, 0.3) is 0 Å². The Morgan fingerprint density at radius 1 is 1.05 bits per heavy atom. The van der Waals surface area contributed by atoms with Crippen LogP contribution in [-0.2, 0) is 0 Å².